The first-order chi connectivity index (χ1) is 12.6. The number of nitrogens with zero attached hydrogens (tertiary/aromatic N) is 4. The van der Waals surface area contributed by atoms with Gasteiger partial charge in [-0.1, -0.05) is 18.2 Å². The molecule has 1 saturated heterocycles. The number of benzene rings is 1. The maximum absolute atomic E-state index is 12.6. The van der Waals surface area contributed by atoms with Crippen LogP contribution in [-0.2, 0) is 0 Å². The first kappa shape index (κ1) is 16.3. The summed E-state index contributed by atoms with van der Waals surface area (Å²) in [4.78, 5) is 35.1. The van der Waals surface area contributed by atoms with Gasteiger partial charge in [0.25, 0.3) is 0 Å². The summed E-state index contributed by atoms with van der Waals surface area (Å²) in [5.74, 6) is -0.689. The molecule has 0 saturated carbocycles. The molecule has 0 bridgehead atoms. The standard InChI is InChI=1S/C19H18N4O3/c24-16-14-11-20-19(22-9-5-2-6-10-22)21-17(14)23(12-15(16)18(25)26)13-7-3-1-4-8-13/h1,3-4,7-8,11-12H,2,5-6,9-10H2,(H,25,26). The second kappa shape index (κ2) is 6.59. The molecule has 0 atom stereocenters. The van der Waals surface area contributed by atoms with Crippen molar-refractivity contribution < 1.29 is 9.90 Å². The quantitative estimate of drug-likeness (QED) is 0.781. The molecule has 0 radical (unpaired) electrons. The van der Waals surface area contributed by atoms with Gasteiger partial charge in [-0.3, -0.25) is 4.79 Å². The van der Waals surface area contributed by atoms with Crippen LogP contribution in [0.5, 0.6) is 0 Å². The van der Waals surface area contributed by atoms with Gasteiger partial charge in [0, 0.05) is 31.2 Å². The Morgan fingerprint density at radius 3 is 2.50 bits per heavy atom. The maximum Gasteiger partial charge on any atom is 0.341 e. The summed E-state index contributed by atoms with van der Waals surface area (Å²) in [6.07, 6.45) is 6.16. The Morgan fingerprint density at radius 2 is 1.81 bits per heavy atom. The van der Waals surface area contributed by atoms with Crippen LogP contribution in [0.25, 0.3) is 16.7 Å². The van der Waals surface area contributed by atoms with Crippen molar-refractivity contribution in [2.24, 2.45) is 0 Å². The number of fused-ring (bicyclic) bond motifs is 1. The third-order valence-corrected chi connectivity index (χ3v) is 4.64. The predicted molar refractivity (Wildman–Crippen MR) is 98.2 cm³/mol. The Balaban J connectivity index is 1.97. The third kappa shape index (κ3) is 2.81. The lowest BCUT2D eigenvalue weighted by Gasteiger charge is -2.26. The van der Waals surface area contributed by atoms with Gasteiger partial charge in [-0.2, -0.15) is 4.98 Å². The Kier molecular flexibility index (Phi) is 4.12. The van der Waals surface area contributed by atoms with Crippen molar-refractivity contribution in [2.75, 3.05) is 18.0 Å². The van der Waals surface area contributed by atoms with E-state index in [2.05, 4.69) is 14.9 Å². The number of anilines is 1. The smallest absolute Gasteiger partial charge is 0.341 e. The Hall–Kier alpha value is -3.22. The maximum atomic E-state index is 12.6. The highest BCUT2D eigenvalue weighted by atomic mass is 16.4. The summed E-state index contributed by atoms with van der Waals surface area (Å²) < 4.78 is 1.65. The Bertz CT molecular complexity index is 1020. The molecule has 7 nitrogen and oxygen atoms in total. The van der Waals surface area contributed by atoms with Crippen LogP contribution in [0.15, 0.2) is 47.5 Å². The average molecular weight is 350 g/mol. The highest BCUT2D eigenvalue weighted by Gasteiger charge is 2.19. The van der Waals surface area contributed by atoms with E-state index in [9.17, 15) is 14.7 Å². The molecule has 1 fully saturated rings. The minimum absolute atomic E-state index is 0.203. The van der Waals surface area contributed by atoms with Gasteiger partial charge in [-0.15, -0.1) is 0 Å². The van der Waals surface area contributed by atoms with Gasteiger partial charge in [0.2, 0.25) is 11.4 Å². The van der Waals surface area contributed by atoms with Crippen molar-refractivity contribution in [3.05, 3.63) is 58.5 Å². The molecule has 0 unspecified atom stereocenters. The monoisotopic (exact) mass is 350 g/mol. The molecule has 26 heavy (non-hydrogen) atoms. The van der Waals surface area contributed by atoms with Crippen LogP contribution in [0, 0.1) is 0 Å². The second-order valence-corrected chi connectivity index (χ2v) is 6.34. The average Bonchev–Trinajstić information content (AvgIpc) is 2.69. The molecule has 0 spiro atoms. The molecule has 0 amide bonds. The molecule has 7 heteroatoms. The topological polar surface area (TPSA) is 88.3 Å². The van der Waals surface area contributed by atoms with Crippen LogP contribution in [0.2, 0.25) is 0 Å². The molecule has 0 aliphatic carbocycles. The molecule has 4 rings (SSSR count). The number of carboxylic acid groups (broad SMARTS) is 1. The lowest BCUT2D eigenvalue weighted by molar-refractivity contribution is 0.0695. The van der Waals surface area contributed by atoms with Crippen LogP contribution in [0.4, 0.5) is 5.95 Å². The minimum Gasteiger partial charge on any atom is -0.477 e. The molecule has 3 aromatic rings. The van der Waals surface area contributed by atoms with Crippen LogP contribution in [0.3, 0.4) is 0 Å². The van der Waals surface area contributed by atoms with Crippen LogP contribution in [-0.4, -0.2) is 38.7 Å². The van der Waals surface area contributed by atoms with Gasteiger partial charge in [0.1, 0.15) is 5.56 Å². The van der Waals surface area contributed by atoms with Gasteiger partial charge >= 0.3 is 5.97 Å². The number of para-hydroxylation sites is 1. The number of carbonyl (C=O) groups is 1. The fourth-order valence-corrected chi connectivity index (χ4v) is 3.29. The first-order valence-electron chi connectivity index (χ1n) is 8.61. The van der Waals surface area contributed by atoms with Gasteiger partial charge < -0.3 is 14.6 Å². The van der Waals surface area contributed by atoms with Crippen LogP contribution in [0.1, 0.15) is 29.6 Å². The zero-order valence-corrected chi connectivity index (χ0v) is 14.1. The number of aromatic nitrogens is 3. The SMILES string of the molecule is O=C(O)c1cn(-c2ccccc2)c2nc(N3CCCCC3)ncc2c1=O. The van der Waals surface area contributed by atoms with Crippen molar-refractivity contribution >= 4 is 23.0 Å². The summed E-state index contributed by atoms with van der Waals surface area (Å²) in [6.45, 7) is 1.77. The number of pyridine rings is 1. The fraction of sp³-hybridized carbons (Fsp3) is 0.263. The first-order valence-corrected chi connectivity index (χ1v) is 8.61. The number of rotatable bonds is 3. The fourth-order valence-electron chi connectivity index (χ4n) is 3.29. The summed E-state index contributed by atoms with van der Waals surface area (Å²) in [6, 6.07) is 9.27. The zero-order chi connectivity index (χ0) is 18.1. The van der Waals surface area contributed by atoms with E-state index >= 15 is 0 Å². The highest BCUT2D eigenvalue weighted by molar-refractivity contribution is 5.92. The van der Waals surface area contributed by atoms with E-state index in [1.807, 2.05) is 30.3 Å². The second-order valence-electron chi connectivity index (χ2n) is 6.34. The number of carboxylic acids is 1. The molecule has 132 valence electrons. The number of aromatic carboxylic acids is 1. The van der Waals surface area contributed by atoms with Gasteiger partial charge in [-0.05, 0) is 31.4 Å². The largest absolute Gasteiger partial charge is 0.477 e. The Labute approximate surface area is 149 Å². The van der Waals surface area contributed by atoms with E-state index in [4.69, 9.17) is 0 Å². The number of hydrogen-bond acceptors (Lipinski definition) is 5. The van der Waals surface area contributed by atoms with E-state index in [-0.39, 0.29) is 10.9 Å². The summed E-state index contributed by atoms with van der Waals surface area (Å²) >= 11 is 0. The van der Waals surface area contributed by atoms with E-state index in [1.165, 1.54) is 18.8 Å². The normalized spacial score (nSPS) is 14.5. The van der Waals surface area contributed by atoms with E-state index < -0.39 is 11.4 Å². The zero-order valence-electron chi connectivity index (χ0n) is 14.1. The molecule has 1 aliphatic heterocycles. The van der Waals surface area contributed by atoms with Gasteiger partial charge in [-0.25, -0.2) is 9.78 Å². The summed E-state index contributed by atoms with van der Waals surface area (Å²) in [5, 5.41) is 9.60. The molecule has 1 aromatic carbocycles. The van der Waals surface area contributed by atoms with Crippen molar-refractivity contribution in [3.63, 3.8) is 0 Å². The molecule has 1 N–H and O–H groups in total. The number of piperidine rings is 1. The minimum atomic E-state index is -1.26. The highest BCUT2D eigenvalue weighted by Crippen LogP contribution is 2.20. The van der Waals surface area contributed by atoms with E-state index in [0.29, 0.717) is 11.6 Å². The molecule has 2 aromatic heterocycles. The molecule has 3 heterocycles. The summed E-state index contributed by atoms with van der Waals surface area (Å²) in [5.41, 5.74) is 0.297. The van der Waals surface area contributed by atoms with Gasteiger partial charge in [0.05, 0.1) is 5.39 Å². The summed E-state index contributed by atoms with van der Waals surface area (Å²) in [7, 11) is 0. The Morgan fingerprint density at radius 1 is 1.08 bits per heavy atom. The van der Waals surface area contributed by atoms with Crippen molar-refractivity contribution in [1.82, 2.24) is 14.5 Å². The number of hydrogen-bond donors (Lipinski definition) is 1. The van der Waals surface area contributed by atoms with E-state index in [0.717, 1.165) is 31.6 Å². The van der Waals surface area contributed by atoms with E-state index in [1.54, 1.807) is 4.57 Å². The lowest BCUT2D eigenvalue weighted by Crippen LogP contribution is -2.31. The lowest BCUT2D eigenvalue weighted by atomic mass is 10.1. The van der Waals surface area contributed by atoms with Crippen LogP contribution < -0.4 is 10.3 Å². The van der Waals surface area contributed by atoms with Crippen molar-refractivity contribution in [2.45, 2.75) is 19.3 Å². The molecule has 1 aliphatic rings. The molecular weight excluding hydrogens is 332 g/mol. The van der Waals surface area contributed by atoms with Gasteiger partial charge in [0.15, 0.2) is 5.65 Å². The molecular formula is C19H18N4O3. The van der Waals surface area contributed by atoms with Crippen molar-refractivity contribution in [1.29, 1.82) is 0 Å². The predicted octanol–water partition coefficient (Wildman–Crippen LogP) is 2.47. The van der Waals surface area contributed by atoms with Crippen molar-refractivity contribution in [3.8, 4) is 5.69 Å². The van der Waals surface area contributed by atoms with Crippen LogP contribution >= 0.6 is 0 Å². The third-order valence-electron chi connectivity index (χ3n) is 4.64.